The van der Waals surface area contributed by atoms with Crippen LogP contribution in [0.2, 0.25) is 0 Å². The van der Waals surface area contributed by atoms with Gasteiger partial charge in [0, 0.05) is 6.42 Å². The fraction of sp³-hybridized carbons (Fsp3) is 0.912. The van der Waals surface area contributed by atoms with Crippen molar-refractivity contribution in [2.24, 2.45) is 0 Å². The van der Waals surface area contributed by atoms with Crippen molar-refractivity contribution in [3.63, 3.8) is 0 Å². The molecule has 0 saturated carbocycles. The van der Waals surface area contributed by atoms with Crippen molar-refractivity contribution in [3.8, 4) is 0 Å². The molecule has 8 unspecified atom stereocenters. The van der Waals surface area contributed by atoms with Crippen LogP contribution in [0.1, 0.15) is 335 Å². The van der Waals surface area contributed by atoms with Gasteiger partial charge in [0.15, 0.2) is 12.4 Å². The Bertz CT molecular complexity index is 1380. The lowest BCUT2D eigenvalue weighted by Gasteiger charge is -2.41. The van der Waals surface area contributed by atoms with Gasteiger partial charge < -0.3 is 45.1 Å². The van der Waals surface area contributed by atoms with E-state index in [1.165, 1.54) is 231 Å². The van der Waals surface area contributed by atoms with E-state index in [0.29, 0.717) is 19.3 Å². The Morgan fingerprint density at radius 3 is 1.23 bits per heavy atom. The van der Waals surface area contributed by atoms with E-state index in [4.69, 9.17) is 14.2 Å². The molecule has 0 spiro atoms. The van der Waals surface area contributed by atoms with E-state index < -0.39 is 67.4 Å². The molecule has 1 fully saturated rings. The summed E-state index contributed by atoms with van der Waals surface area (Å²) in [5.74, 6) is -1.18. The zero-order valence-electron chi connectivity index (χ0n) is 51.8. The number of hydrogen-bond donors (Lipinski definition) is 6. The second kappa shape index (κ2) is 56.6. The summed E-state index contributed by atoms with van der Waals surface area (Å²) in [5.41, 5.74) is 0. The van der Waals surface area contributed by atoms with E-state index in [-0.39, 0.29) is 13.0 Å². The fourth-order valence-corrected chi connectivity index (χ4v) is 10.9. The number of aliphatic hydroxyl groups excluding tert-OH is 5. The van der Waals surface area contributed by atoms with Crippen LogP contribution in [0.5, 0.6) is 0 Å². The Morgan fingerprint density at radius 1 is 0.481 bits per heavy atom. The number of hydrogen-bond acceptors (Lipinski definition) is 10. The average Bonchev–Trinajstić information content (AvgIpc) is 3.49. The highest BCUT2D eigenvalue weighted by Crippen LogP contribution is 2.26. The van der Waals surface area contributed by atoms with Crippen molar-refractivity contribution < 1.29 is 49.3 Å². The molecule has 1 amide bonds. The molecule has 6 N–H and O–H groups in total. The van der Waals surface area contributed by atoms with E-state index in [1.54, 1.807) is 6.08 Å². The molecule has 1 rings (SSSR count). The van der Waals surface area contributed by atoms with Crippen LogP contribution in [-0.4, -0.2) is 99.6 Å². The van der Waals surface area contributed by atoms with Crippen molar-refractivity contribution in [3.05, 3.63) is 24.3 Å². The number of nitrogens with one attached hydrogen (secondary N) is 1. The van der Waals surface area contributed by atoms with Crippen LogP contribution < -0.4 is 5.32 Å². The first-order chi connectivity index (χ1) is 38.7. The van der Waals surface area contributed by atoms with Gasteiger partial charge in [-0.3, -0.25) is 9.59 Å². The van der Waals surface area contributed by atoms with E-state index in [9.17, 15) is 35.1 Å². The number of amides is 1. The van der Waals surface area contributed by atoms with Crippen molar-refractivity contribution in [1.82, 2.24) is 5.32 Å². The van der Waals surface area contributed by atoms with Gasteiger partial charge in [0.05, 0.1) is 25.4 Å². The van der Waals surface area contributed by atoms with E-state index in [0.717, 1.165) is 57.8 Å². The summed E-state index contributed by atoms with van der Waals surface area (Å²) < 4.78 is 17.7. The highest BCUT2D eigenvalue weighted by molar-refractivity contribution is 5.80. The van der Waals surface area contributed by atoms with E-state index in [1.807, 2.05) is 6.08 Å². The standard InChI is InChI=1S/C68H129NO10/c1-4-7-10-13-16-19-22-25-27-29-30-31-33-34-37-40-43-46-49-52-55-61(72)67(76)69-59(60(71)54-51-48-45-42-39-36-24-21-18-15-12-9-6-3)58-77-68-66(65(75)64(74)62(57-70)78-68)79-63(73)56-53-50-47-44-41-38-35-32-28-26-23-20-17-14-11-8-5-2/h25,27,51,54,59-62,64-66,68,70-72,74-75H,4-24,26,28-50,52-53,55-58H2,1-3H3,(H,69,76)/b27-25+,54-51+. The van der Waals surface area contributed by atoms with E-state index in [2.05, 4.69) is 38.2 Å². The molecule has 1 saturated heterocycles. The first-order valence-electron chi connectivity index (χ1n) is 34.1. The van der Waals surface area contributed by atoms with Gasteiger partial charge in [-0.15, -0.1) is 0 Å². The molecule has 0 radical (unpaired) electrons. The van der Waals surface area contributed by atoms with Crippen LogP contribution in [0.15, 0.2) is 24.3 Å². The molecule has 79 heavy (non-hydrogen) atoms. The summed E-state index contributed by atoms with van der Waals surface area (Å²) in [6.07, 6.45) is 56.4. The summed E-state index contributed by atoms with van der Waals surface area (Å²) in [6.45, 7) is 5.84. The van der Waals surface area contributed by atoms with Crippen molar-refractivity contribution >= 4 is 11.9 Å². The highest BCUT2D eigenvalue weighted by Gasteiger charge is 2.47. The van der Waals surface area contributed by atoms with Gasteiger partial charge in [0.2, 0.25) is 5.91 Å². The summed E-state index contributed by atoms with van der Waals surface area (Å²) in [6, 6.07) is -1.02. The SMILES string of the molecule is CCCCCCCC/C=C/CCCCCCCCCCCCC(O)C(=O)NC(COC1OC(CO)C(O)C(O)C1OC(=O)CCCCCCCCCCCCCCCCCCC)C(O)/C=C/CCCCCCCCCCCCC. The topological polar surface area (TPSA) is 175 Å². The maximum absolute atomic E-state index is 13.5. The molecule has 1 aliphatic rings. The molecular formula is C68H129NO10. The third-order valence-corrected chi connectivity index (χ3v) is 16.4. The van der Waals surface area contributed by atoms with Crippen molar-refractivity contribution in [2.75, 3.05) is 13.2 Å². The van der Waals surface area contributed by atoms with Crippen molar-refractivity contribution in [1.29, 1.82) is 0 Å². The first kappa shape index (κ1) is 75.2. The number of esters is 1. The zero-order valence-corrected chi connectivity index (χ0v) is 51.8. The van der Waals surface area contributed by atoms with Gasteiger partial charge in [-0.2, -0.15) is 0 Å². The number of carbonyl (C=O) groups excluding carboxylic acids is 2. The number of allylic oxidation sites excluding steroid dienone is 3. The van der Waals surface area contributed by atoms with Crippen LogP contribution in [-0.2, 0) is 23.8 Å². The van der Waals surface area contributed by atoms with Gasteiger partial charge in [0.1, 0.15) is 24.4 Å². The summed E-state index contributed by atoms with van der Waals surface area (Å²) >= 11 is 0. The Morgan fingerprint density at radius 2 is 0.835 bits per heavy atom. The van der Waals surface area contributed by atoms with Crippen LogP contribution in [0.25, 0.3) is 0 Å². The number of aliphatic hydroxyl groups is 5. The molecule has 0 aromatic rings. The predicted octanol–water partition coefficient (Wildman–Crippen LogP) is 16.8. The molecule has 0 aromatic heterocycles. The van der Waals surface area contributed by atoms with E-state index >= 15 is 0 Å². The molecule has 8 atom stereocenters. The third kappa shape index (κ3) is 44.4. The van der Waals surface area contributed by atoms with Gasteiger partial charge in [-0.05, 0) is 51.4 Å². The Labute approximate surface area is 486 Å². The molecule has 466 valence electrons. The smallest absolute Gasteiger partial charge is 0.306 e. The van der Waals surface area contributed by atoms with Crippen molar-refractivity contribution in [2.45, 2.75) is 384 Å². The first-order valence-corrected chi connectivity index (χ1v) is 34.1. The maximum Gasteiger partial charge on any atom is 0.306 e. The van der Waals surface area contributed by atoms with Gasteiger partial charge in [0.25, 0.3) is 0 Å². The average molecular weight is 1120 g/mol. The Hall–Kier alpha value is -1.86. The summed E-state index contributed by atoms with van der Waals surface area (Å²) in [7, 11) is 0. The molecule has 11 heteroatoms. The van der Waals surface area contributed by atoms with Crippen LogP contribution >= 0.6 is 0 Å². The maximum atomic E-state index is 13.5. The Balaban J connectivity index is 2.62. The molecule has 1 aliphatic heterocycles. The highest BCUT2D eigenvalue weighted by atomic mass is 16.7. The number of rotatable bonds is 59. The lowest BCUT2D eigenvalue weighted by atomic mass is 9.99. The van der Waals surface area contributed by atoms with Gasteiger partial charge >= 0.3 is 5.97 Å². The second-order valence-electron chi connectivity index (χ2n) is 23.9. The number of carbonyl (C=O) groups is 2. The molecule has 11 nitrogen and oxygen atoms in total. The monoisotopic (exact) mass is 1120 g/mol. The summed E-state index contributed by atoms with van der Waals surface area (Å²) in [4.78, 5) is 26.6. The normalized spacial score (nSPS) is 18.9. The second-order valence-corrected chi connectivity index (χ2v) is 23.9. The molecule has 0 bridgehead atoms. The minimum absolute atomic E-state index is 0.130. The largest absolute Gasteiger partial charge is 0.454 e. The molecular weight excluding hydrogens is 991 g/mol. The minimum Gasteiger partial charge on any atom is -0.454 e. The van der Waals surface area contributed by atoms with Crippen LogP contribution in [0.3, 0.4) is 0 Å². The minimum atomic E-state index is -1.61. The predicted molar refractivity (Wildman–Crippen MR) is 329 cm³/mol. The number of ether oxygens (including phenoxy) is 3. The quantitative estimate of drug-likeness (QED) is 0.0195. The molecule has 0 aromatic carbocycles. The lowest BCUT2D eigenvalue weighted by molar-refractivity contribution is -0.305. The fourth-order valence-electron chi connectivity index (χ4n) is 10.9. The lowest BCUT2D eigenvalue weighted by Crippen LogP contribution is -2.61. The van der Waals surface area contributed by atoms with Crippen LogP contribution in [0.4, 0.5) is 0 Å². The molecule has 0 aliphatic carbocycles. The third-order valence-electron chi connectivity index (χ3n) is 16.4. The number of unbranched alkanes of at least 4 members (excludes halogenated alkanes) is 43. The van der Waals surface area contributed by atoms with Crippen LogP contribution in [0, 0.1) is 0 Å². The Kier molecular flexibility index (Phi) is 53.9. The van der Waals surface area contributed by atoms with Gasteiger partial charge in [-0.1, -0.05) is 302 Å². The van der Waals surface area contributed by atoms with Gasteiger partial charge in [-0.25, -0.2) is 0 Å². The summed E-state index contributed by atoms with van der Waals surface area (Å²) in [5, 5.41) is 57.2. The zero-order chi connectivity index (χ0) is 57.5. The molecule has 1 heterocycles.